The van der Waals surface area contributed by atoms with E-state index in [4.69, 9.17) is 0 Å². The van der Waals surface area contributed by atoms with Gasteiger partial charge in [-0.3, -0.25) is 10.3 Å². The second kappa shape index (κ2) is 5.76. The van der Waals surface area contributed by atoms with Gasteiger partial charge in [-0.15, -0.1) is 10.2 Å². The molecule has 4 bridgehead atoms. The molecule has 6 nitrogen and oxygen atoms in total. The average molecular weight is 355 g/mol. The van der Waals surface area contributed by atoms with E-state index in [1.807, 2.05) is 12.1 Å². The molecule has 0 radical (unpaired) electrons. The molecule has 2 amide bonds. The van der Waals surface area contributed by atoms with Crippen molar-refractivity contribution < 1.29 is 4.79 Å². The highest BCUT2D eigenvalue weighted by atomic mass is 32.1. The van der Waals surface area contributed by atoms with Crippen LogP contribution in [0.4, 0.5) is 9.93 Å². The fourth-order valence-corrected chi connectivity index (χ4v) is 6.26. The Morgan fingerprint density at radius 3 is 2.32 bits per heavy atom. The van der Waals surface area contributed by atoms with Gasteiger partial charge in [-0.2, -0.15) is 0 Å². The summed E-state index contributed by atoms with van der Waals surface area (Å²) in [6.07, 6.45) is 11.0. The molecule has 6 rings (SSSR count). The van der Waals surface area contributed by atoms with Crippen LogP contribution in [0, 0.1) is 17.8 Å². The Kier molecular flexibility index (Phi) is 3.51. The van der Waals surface area contributed by atoms with Crippen LogP contribution in [0.15, 0.2) is 24.5 Å². The molecule has 4 aliphatic rings. The van der Waals surface area contributed by atoms with Gasteiger partial charge in [-0.05, 0) is 68.4 Å². The molecule has 25 heavy (non-hydrogen) atoms. The fraction of sp³-hybridized carbons (Fsp3) is 0.556. The predicted molar refractivity (Wildman–Crippen MR) is 96.2 cm³/mol. The topological polar surface area (TPSA) is 79.8 Å². The van der Waals surface area contributed by atoms with E-state index in [9.17, 15) is 4.79 Å². The maximum atomic E-state index is 12.5. The molecule has 7 heteroatoms. The number of hydrogen-bond acceptors (Lipinski definition) is 5. The predicted octanol–water partition coefficient (Wildman–Crippen LogP) is 3.69. The van der Waals surface area contributed by atoms with Crippen LogP contribution in [0.5, 0.6) is 0 Å². The van der Waals surface area contributed by atoms with Crippen LogP contribution in [0.25, 0.3) is 10.6 Å². The number of pyridine rings is 1. The van der Waals surface area contributed by atoms with Crippen LogP contribution in [-0.4, -0.2) is 26.8 Å². The Morgan fingerprint density at radius 1 is 1.04 bits per heavy atom. The molecular weight excluding hydrogens is 334 g/mol. The smallest absolute Gasteiger partial charge is 0.321 e. The SMILES string of the molecule is O=C(Nc1nnc(-c2ccncc2)s1)NC12CC3CC(CC(C3)C1)C2. The largest absolute Gasteiger partial charge is 0.332 e. The van der Waals surface area contributed by atoms with Crippen LogP contribution < -0.4 is 10.6 Å². The quantitative estimate of drug-likeness (QED) is 0.880. The zero-order chi connectivity index (χ0) is 16.9. The van der Waals surface area contributed by atoms with E-state index in [0.29, 0.717) is 5.13 Å². The number of urea groups is 1. The van der Waals surface area contributed by atoms with Gasteiger partial charge >= 0.3 is 6.03 Å². The fourth-order valence-electron chi connectivity index (χ4n) is 5.52. The van der Waals surface area contributed by atoms with Gasteiger partial charge in [0.15, 0.2) is 0 Å². The van der Waals surface area contributed by atoms with Crippen molar-refractivity contribution >= 4 is 22.5 Å². The number of rotatable bonds is 3. The first-order chi connectivity index (χ1) is 12.2. The van der Waals surface area contributed by atoms with Crippen molar-refractivity contribution in [1.29, 1.82) is 0 Å². The summed E-state index contributed by atoms with van der Waals surface area (Å²) < 4.78 is 0. The van der Waals surface area contributed by atoms with Gasteiger partial charge in [-0.1, -0.05) is 11.3 Å². The van der Waals surface area contributed by atoms with Crippen LogP contribution >= 0.6 is 11.3 Å². The van der Waals surface area contributed by atoms with Gasteiger partial charge in [0.1, 0.15) is 5.01 Å². The van der Waals surface area contributed by atoms with E-state index in [0.717, 1.165) is 47.6 Å². The summed E-state index contributed by atoms with van der Waals surface area (Å²) in [5, 5.41) is 15.8. The van der Waals surface area contributed by atoms with Crippen molar-refractivity contribution in [3.8, 4) is 10.6 Å². The minimum absolute atomic E-state index is 0.0114. The van der Waals surface area contributed by atoms with E-state index in [2.05, 4.69) is 25.8 Å². The first-order valence-electron chi connectivity index (χ1n) is 9.00. The Labute approximate surface area is 150 Å². The first kappa shape index (κ1) is 15.3. The molecule has 0 saturated heterocycles. The molecule has 4 fully saturated rings. The molecule has 2 N–H and O–H groups in total. The molecule has 4 saturated carbocycles. The number of nitrogens with one attached hydrogen (secondary N) is 2. The number of carbonyl (C=O) groups is 1. The van der Waals surface area contributed by atoms with Gasteiger partial charge in [0.05, 0.1) is 0 Å². The Morgan fingerprint density at radius 2 is 1.68 bits per heavy atom. The Balaban J connectivity index is 1.26. The van der Waals surface area contributed by atoms with Crippen molar-refractivity contribution in [2.24, 2.45) is 17.8 Å². The molecule has 0 aliphatic heterocycles. The van der Waals surface area contributed by atoms with Gasteiger partial charge in [0.25, 0.3) is 0 Å². The van der Waals surface area contributed by atoms with Crippen molar-refractivity contribution in [2.45, 2.75) is 44.1 Å². The zero-order valence-electron chi connectivity index (χ0n) is 13.9. The number of carbonyl (C=O) groups excluding carboxylic acids is 1. The number of hydrogen-bond donors (Lipinski definition) is 2. The molecule has 2 aromatic heterocycles. The van der Waals surface area contributed by atoms with Gasteiger partial charge in [-0.25, -0.2) is 4.79 Å². The maximum absolute atomic E-state index is 12.5. The monoisotopic (exact) mass is 355 g/mol. The van der Waals surface area contributed by atoms with Gasteiger partial charge < -0.3 is 5.32 Å². The summed E-state index contributed by atoms with van der Waals surface area (Å²) in [6.45, 7) is 0. The highest BCUT2D eigenvalue weighted by molar-refractivity contribution is 7.18. The summed E-state index contributed by atoms with van der Waals surface area (Å²) in [5.41, 5.74) is 0.972. The summed E-state index contributed by atoms with van der Waals surface area (Å²) >= 11 is 1.38. The van der Waals surface area contributed by atoms with Crippen molar-refractivity contribution in [1.82, 2.24) is 20.5 Å². The molecule has 0 unspecified atom stereocenters. The number of amides is 2. The molecule has 0 atom stereocenters. The highest BCUT2D eigenvalue weighted by Crippen LogP contribution is 2.55. The van der Waals surface area contributed by atoms with Crippen LogP contribution in [0.3, 0.4) is 0 Å². The second-order valence-electron chi connectivity index (χ2n) is 7.93. The average Bonchev–Trinajstić information content (AvgIpc) is 3.02. The maximum Gasteiger partial charge on any atom is 0.321 e. The van der Waals surface area contributed by atoms with Gasteiger partial charge in [0, 0.05) is 23.5 Å². The number of nitrogens with zero attached hydrogens (tertiary/aromatic N) is 3. The molecule has 2 aromatic rings. The van der Waals surface area contributed by atoms with Crippen molar-refractivity contribution in [3.05, 3.63) is 24.5 Å². The third-order valence-corrected chi connectivity index (χ3v) is 6.88. The number of anilines is 1. The van der Waals surface area contributed by atoms with Crippen LogP contribution in [0.1, 0.15) is 38.5 Å². The molecule has 0 aromatic carbocycles. The van der Waals surface area contributed by atoms with Crippen LogP contribution in [-0.2, 0) is 0 Å². The highest BCUT2D eigenvalue weighted by Gasteiger charge is 2.51. The van der Waals surface area contributed by atoms with E-state index in [-0.39, 0.29) is 11.6 Å². The van der Waals surface area contributed by atoms with E-state index in [1.54, 1.807) is 12.4 Å². The third-order valence-electron chi connectivity index (χ3n) is 5.99. The van der Waals surface area contributed by atoms with E-state index >= 15 is 0 Å². The zero-order valence-corrected chi connectivity index (χ0v) is 14.8. The lowest BCUT2D eigenvalue weighted by molar-refractivity contribution is -0.0127. The molecule has 0 spiro atoms. The summed E-state index contributed by atoms with van der Waals surface area (Å²) in [7, 11) is 0. The normalized spacial score (nSPS) is 32.6. The lowest BCUT2D eigenvalue weighted by Crippen LogP contribution is -2.60. The Hall–Kier alpha value is -2.02. The molecule has 130 valence electrons. The summed E-state index contributed by atoms with van der Waals surface area (Å²) in [6, 6.07) is 3.64. The first-order valence-corrected chi connectivity index (χ1v) is 9.82. The van der Waals surface area contributed by atoms with Crippen molar-refractivity contribution in [2.75, 3.05) is 5.32 Å². The van der Waals surface area contributed by atoms with Crippen molar-refractivity contribution in [3.63, 3.8) is 0 Å². The third kappa shape index (κ3) is 2.90. The summed E-state index contributed by atoms with van der Waals surface area (Å²) in [4.78, 5) is 16.6. The van der Waals surface area contributed by atoms with Gasteiger partial charge in [0.2, 0.25) is 5.13 Å². The number of aromatic nitrogens is 3. The minimum atomic E-state index is -0.139. The standard InChI is InChI=1S/C18H21N5OS/c24-16(20-17-23-22-15(25-17)14-1-3-19-4-2-14)21-18-8-11-5-12(9-18)7-13(6-11)10-18/h1-4,11-13H,5-10H2,(H2,20,21,23,24). The lowest BCUT2D eigenvalue weighted by atomic mass is 9.53. The molecular formula is C18H21N5OS. The molecule has 4 aliphatic carbocycles. The van der Waals surface area contributed by atoms with E-state index in [1.165, 1.54) is 30.6 Å². The second-order valence-corrected chi connectivity index (χ2v) is 8.90. The van der Waals surface area contributed by atoms with Crippen LogP contribution in [0.2, 0.25) is 0 Å². The Bertz CT molecular complexity index is 754. The minimum Gasteiger partial charge on any atom is -0.332 e. The lowest BCUT2D eigenvalue weighted by Gasteiger charge is -2.56. The molecule has 2 heterocycles. The summed E-state index contributed by atoms with van der Waals surface area (Å²) in [5.74, 6) is 2.43. The van der Waals surface area contributed by atoms with E-state index < -0.39 is 0 Å².